The monoisotopic (exact) mass is 267 g/mol. The molecule has 2 N–H and O–H groups in total. The van der Waals surface area contributed by atoms with Crippen LogP contribution in [0.15, 0.2) is 30.9 Å². The summed E-state index contributed by atoms with van der Waals surface area (Å²) in [7, 11) is 1.46. The Morgan fingerprint density at radius 3 is 3.00 bits per heavy atom. The molecule has 0 radical (unpaired) electrons. The Morgan fingerprint density at radius 1 is 1.61 bits per heavy atom. The highest BCUT2D eigenvalue weighted by molar-refractivity contribution is 7.99. The fraction of sp³-hybridized carbons (Fsp3) is 0.308. The number of rotatable bonds is 7. The van der Waals surface area contributed by atoms with Crippen LogP contribution in [-0.2, 0) is 0 Å². The number of phenols is 1. The molecular weight excluding hydrogens is 250 g/mol. The van der Waals surface area contributed by atoms with Crippen LogP contribution in [0.1, 0.15) is 10.4 Å². The molecule has 0 aliphatic rings. The second-order valence-corrected chi connectivity index (χ2v) is 4.66. The molecule has 0 saturated heterocycles. The lowest BCUT2D eigenvalue weighted by molar-refractivity contribution is 0.0955. The lowest BCUT2D eigenvalue weighted by atomic mass is 10.2. The van der Waals surface area contributed by atoms with Gasteiger partial charge in [0, 0.05) is 23.6 Å². The number of phenolic OH excluding ortho intramolecular Hbond substituents is 1. The number of hydrogen-bond acceptors (Lipinski definition) is 4. The highest BCUT2D eigenvalue weighted by atomic mass is 32.2. The second kappa shape index (κ2) is 7.66. The van der Waals surface area contributed by atoms with E-state index in [-0.39, 0.29) is 11.7 Å². The van der Waals surface area contributed by atoms with Gasteiger partial charge >= 0.3 is 0 Å². The van der Waals surface area contributed by atoms with Crippen molar-refractivity contribution in [2.75, 3.05) is 25.2 Å². The zero-order valence-corrected chi connectivity index (χ0v) is 11.1. The third kappa shape index (κ3) is 4.33. The number of benzene rings is 1. The van der Waals surface area contributed by atoms with E-state index in [1.54, 1.807) is 23.9 Å². The van der Waals surface area contributed by atoms with Gasteiger partial charge < -0.3 is 15.2 Å². The minimum Gasteiger partial charge on any atom is -0.504 e. The summed E-state index contributed by atoms with van der Waals surface area (Å²) in [5, 5.41) is 12.3. The van der Waals surface area contributed by atoms with E-state index in [0.29, 0.717) is 17.9 Å². The molecule has 4 nitrogen and oxygen atoms in total. The predicted molar refractivity (Wildman–Crippen MR) is 74.5 cm³/mol. The molecule has 0 atom stereocenters. The predicted octanol–water partition coefficient (Wildman–Crippen LogP) is 2.05. The molecule has 0 bridgehead atoms. The molecule has 0 aliphatic carbocycles. The Bertz CT molecular complexity index is 421. The maximum absolute atomic E-state index is 11.7. The number of nitrogens with one attached hydrogen (secondary N) is 1. The second-order valence-electron chi connectivity index (χ2n) is 3.51. The van der Waals surface area contributed by atoms with Gasteiger partial charge in [-0.2, -0.15) is 11.8 Å². The normalized spacial score (nSPS) is 9.83. The van der Waals surface area contributed by atoms with Gasteiger partial charge in [0.1, 0.15) is 0 Å². The van der Waals surface area contributed by atoms with Gasteiger partial charge in [-0.05, 0) is 18.2 Å². The average Bonchev–Trinajstić information content (AvgIpc) is 2.38. The third-order valence-electron chi connectivity index (χ3n) is 2.21. The zero-order chi connectivity index (χ0) is 13.4. The first-order chi connectivity index (χ1) is 8.69. The number of thioether (sulfide) groups is 1. The lowest BCUT2D eigenvalue weighted by Gasteiger charge is -2.07. The van der Waals surface area contributed by atoms with Crippen molar-refractivity contribution in [3.05, 3.63) is 36.4 Å². The molecule has 98 valence electrons. The Morgan fingerprint density at radius 2 is 2.39 bits per heavy atom. The Kier molecular flexibility index (Phi) is 6.14. The van der Waals surface area contributed by atoms with Crippen LogP contribution in [0.3, 0.4) is 0 Å². The van der Waals surface area contributed by atoms with Crippen LogP contribution >= 0.6 is 11.8 Å². The van der Waals surface area contributed by atoms with Crippen LogP contribution in [0.2, 0.25) is 0 Å². The zero-order valence-electron chi connectivity index (χ0n) is 10.3. The molecule has 0 heterocycles. The van der Waals surface area contributed by atoms with Gasteiger partial charge in [0.25, 0.3) is 5.91 Å². The van der Waals surface area contributed by atoms with E-state index in [1.807, 2.05) is 6.08 Å². The first-order valence-electron chi connectivity index (χ1n) is 5.53. The number of methoxy groups -OCH3 is 1. The van der Waals surface area contributed by atoms with Crippen molar-refractivity contribution in [1.29, 1.82) is 0 Å². The van der Waals surface area contributed by atoms with Crippen LogP contribution < -0.4 is 10.1 Å². The van der Waals surface area contributed by atoms with Crippen molar-refractivity contribution in [1.82, 2.24) is 5.32 Å². The Labute approximate surface area is 111 Å². The van der Waals surface area contributed by atoms with E-state index < -0.39 is 0 Å². The first-order valence-corrected chi connectivity index (χ1v) is 6.68. The molecule has 0 fully saturated rings. The number of ether oxygens (including phenoxy) is 1. The maximum atomic E-state index is 11.7. The molecule has 5 heteroatoms. The quantitative estimate of drug-likeness (QED) is 0.586. The van der Waals surface area contributed by atoms with Crippen LogP contribution in [0, 0.1) is 0 Å². The van der Waals surface area contributed by atoms with Crippen molar-refractivity contribution < 1.29 is 14.6 Å². The standard InChI is InChI=1S/C13H17NO3S/c1-3-7-18-8-6-14-13(16)10-4-5-12(17-2)11(15)9-10/h3-5,9,15H,1,6-8H2,2H3,(H,14,16). The van der Waals surface area contributed by atoms with Crippen LogP contribution in [0.4, 0.5) is 0 Å². The van der Waals surface area contributed by atoms with E-state index in [4.69, 9.17) is 4.74 Å². The highest BCUT2D eigenvalue weighted by Crippen LogP contribution is 2.25. The van der Waals surface area contributed by atoms with Crippen LogP contribution in [0.25, 0.3) is 0 Å². The van der Waals surface area contributed by atoms with E-state index >= 15 is 0 Å². The molecule has 1 aromatic rings. The van der Waals surface area contributed by atoms with Crippen molar-refractivity contribution in [2.45, 2.75) is 0 Å². The fourth-order valence-corrected chi connectivity index (χ4v) is 1.92. The van der Waals surface area contributed by atoms with E-state index in [0.717, 1.165) is 11.5 Å². The van der Waals surface area contributed by atoms with Gasteiger partial charge in [-0.1, -0.05) is 6.08 Å². The SMILES string of the molecule is C=CCSCCNC(=O)c1ccc(OC)c(O)c1. The number of carbonyl (C=O) groups is 1. The van der Waals surface area contributed by atoms with Gasteiger partial charge in [0.15, 0.2) is 11.5 Å². The first kappa shape index (κ1) is 14.4. The summed E-state index contributed by atoms with van der Waals surface area (Å²) in [4.78, 5) is 11.7. The average molecular weight is 267 g/mol. The summed E-state index contributed by atoms with van der Waals surface area (Å²) in [6.45, 7) is 4.21. The highest BCUT2D eigenvalue weighted by Gasteiger charge is 2.08. The van der Waals surface area contributed by atoms with Gasteiger partial charge in [0.2, 0.25) is 0 Å². The van der Waals surface area contributed by atoms with Gasteiger partial charge in [-0.25, -0.2) is 0 Å². The largest absolute Gasteiger partial charge is 0.504 e. The van der Waals surface area contributed by atoms with E-state index in [2.05, 4.69) is 11.9 Å². The summed E-state index contributed by atoms with van der Waals surface area (Å²) in [6.07, 6.45) is 1.83. The molecule has 1 amide bonds. The van der Waals surface area contributed by atoms with E-state index in [1.165, 1.54) is 13.2 Å². The molecule has 0 saturated carbocycles. The van der Waals surface area contributed by atoms with Gasteiger partial charge in [0.05, 0.1) is 7.11 Å². The third-order valence-corrected chi connectivity index (χ3v) is 3.17. The van der Waals surface area contributed by atoms with Crippen molar-refractivity contribution >= 4 is 17.7 Å². The summed E-state index contributed by atoms with van der Waals surface area (Å²) in [5.74, 6) is 1.82. The Balaban J connectivity index is 2.46. The number of carbonyl (C=O) groups excluding carboxylic acids is 1. The lowest BCUT2D eigenvalue weighted by Crippen LogP contribution is -2.25. The molecule has 0 unspecified atom stereocenters. The van der Waals surface area contributed by atoms with Crippen LogP contribution in [-0.4, -0.2) is 36.2 Å². The molecule has 0 aliphatic heterocycles. The topological polar surface area (TPSA) is 58.6 Å². The van der Waals surface area contributed by atoms with E-state index in [9.17, 15) is 9.90 Å². The number of aromatic hydroxyl groups is 1. The molecule has 1 rings (SSSR count). The summed E-state index contributed by atoms with van der Waals surface area (Å²) in [6, 6.07) is 4.58. The molecule has 0 spiro atoms. The molecule has 1 aromatic carbocycles. The molecule has 0 aromatic heterocycles. The van der Waals surface area contributed by atoms with Crippen molar-refractivity contribution in [3.8, 4) is 11.5 Å². The minimum absolute atomic E-state index is 0.0359. The van der Waals surface area contributed by atoms with Crippen LogP contribution in [0.5, 0.6) is 11.5 Å². The summed E-state index contributed by atoms with van der Waals surface area (Å²) in [5.41, 5.74) is 0.419. The number of hydrogen-bond donors (Lipinski definition) is 2. The minimum atomic E-state index is -0.202. The smallest absolute Gasteiger partial charge is 0.251 e. The maximum Gasteiger partial charge on any atom is 0.251 e. The number of amides is 1. The Hall–Kier alpha value is -1.62. The van der Waals surface area contributed by atoms with Crippen molar-refractivity contribution in [3.63, 3.8) is 0 Å². The van der Waals surface area contributed by atoms with Crippen molar-refractivity contribution in [2.24, 2.45) is 0 Å². The summed E-state index contributed by atoms with van der Waals surface area (Å²) < 4.78 is 4.91. The molecular formula is C13H17NO3S. The molecule has 18 heavy (non-hydrogen) atoms. The van der Waals surface area contributed by atoms with Gasteiger partial charge in [-0.3, -0.25) is 4.79 Å². The van der Waals surface area contributed by atoms with Gasteiger partial charge in [-0.15, -0.1) is 6.58 Å². The fourth-order valence-electron chi connectivity index (χ4n) is 1.34. The summed E-state index contributed by atoms with van der Waals surface area (Å²) >= 11 is 1.70.